The van der Waals surface area contributed by atoms with Crippen molar-refractivity contribution < 1.29 is 14.3 Å². The van der Waals surface area contributed by atoms with E-state index in [4.69, 9.17) is 16.3 Å². The van der Waals surface area contributed by atoms with Crippen LogP contribution in [0.5, 0.6) is 5.75 Å². The van der Waals surface area contributed by atoms with Crippen molar-refractivity contribution in [1.29, 1.82) is 0 Å². The van der Waals surface area contributed by atoms with Crippen LogP contribution in [0.3, 0.4) is 0 Å². The highest BCUT2D eigenvalue weighted by Gasteiger charge is 2.31. The molecule has 1 atom stereocenters. The maximum Gasteiger partial charge on any atom is 0.328 e. The van der Waals surface area contributed by atoms with Gasteiger partial charge in [-0.1, -0.05) is 11.6 Å². The molecule has 3 heterocycles. The van der Waals surface area contributed by atoms with Gasteiger partial charge in [-0.25, -0.2) is 4.79 Å². The first-order valence-corrected chi connectivity index (χ1v) is 8.56. The van der Waals surface area contributed by atoms with Crippen LogP contribution in [0, 0.1) is 0 Å². The van der Waals surface area contributed by atoms with Gasteiger partial charge in [-0.05, 0) is 6.07 Å². The van der Waals surface area contributed by atoms with E-state index in [0.717, 1.165) is 37.5 Å². The van der Waals surface area contributed by atoms with E-state index in [9.17, 15) is 9.59 Å². The Labute approximate surface area is 144 Å². The largest absolute Gasteiger partial charge is 0.491 e. The van der Waals surface area contributed by atoms with Gasteiger partial charge in [0, 0.05) is 51.1 Å². The molecule has 1 aromatic rings. The minimum Gasteiger partial charge on any atom is -0.491 e. The average Bonchev–Trinajstić information content (AvgIpc) is 2.74. The van der Waals surface area contributed by atoms with E-state index >= 15 is 0 Å². The number of hydrogen-bond acceptors (Lipinski definition) is 5. The van der Waals surface area contributed by atoms with Crippen LogP contribution in [0.25, 0.3) is 0 Å². The molecule has 8 heteroatoms. The van der Waals surface area contributed by atoms with Gasteiger partial charge in [-0.2, -0.15) is 0 Å². The molecule has 2 fully saturated rings. The van der Waals surface area contributed by atoms with Crippen LogP contribution in [0.4, 0.5) is 16.2 Å². The molecule has 3 aliphatic heterocycles. The highest BCUT2D eigenvalue weighted by molar-refractivity contribution is 6.34. The molecule has 0 saturated carbocycles. The van der Waals surface area contributed by atoms with Crippen LogP contribution < -0.4 is 25.2 Å². The Balaban J connectivity index is 1.70. The summed E-state index contributed by atoms with van der Waals surface area (Å²) in [6, 6.07) is 3.64. The number of piperazine rings is 1. The molecule has 128 valence electrons. The smallest absolute Gasteiger partial charge is 0.328 e. The number of nitrogens with zero attached hydrogens (tertiary/aromatic N) is 2. The number of amides is 3. The van der Waals surface area contributed by atoms with Crippen molar-refractivity contribution in [3.05, 3.63) is 17.2 Å². The Morgan fingerprint density at radius 2 is 2.08 bits per heavy atom. The first kappa shape index (κ1) is 15.5. The lowest BCUT2D eigenvalue weighted by Crippen LogP contribution is -2.51. The third-order valence-electron chi connectivity index (χ3n) is 4.74. The SMILES string of the molecule is O=C1CCN(c2cc3c(cc2Cl)N2CCNC[C@@H]2CCO3)C(=O)N1. The van der Waals surface area contributed by atoms with Gasteiger partial charge in [0.15, 0.2) is 0 Å². The summed E-state index contributed by atoms with van der Waals surface area (Å²) in [5.74, 6) is 0.477. The molecular formula is C16H19ClN4O3. The number of anilines is 2. The van der Waals surface area contributed by atoms with E-state index in [1.165, 1.54) is 4.90 Å². The van der Waals surface area contributed by atoms with Crippen LogP contribution in [0.1, 0.15) is 12.8 Å². The second-order valence-corrected chi connectivity index (χ2v) is 6.62. The number of imide groups is 1. The minimum atomic E-state index is -0.443. The Hall–Kier alpha value is -1.99. The lowest BCUT2D eigenvalue weighted by molar-refractivity contribution is -0.120. The Morgan fingerprint density at radius 1 is 1.21 bits per heavy atom. The summed E-state index contributed by atoms with van der Waals surface area (Å²) >= 11 is 6.48. The topological polar surface area (TPSA) is 73.9 Å². The van der Waals surface area contributed by atoms with Gasteiger partial charge >= 0.3 is 6.03 Å². The number of hydrogen-bond donors (Lipinski definition) is 2. The molecule has 24 heavy (non-hydrogen) atoms. The lowest BCUT2D eigenvalue weighted by atomic mass is 10.1. The molecule has 0 unspecified atom stereocenters. The highest BCUT2D eigenvalue weighted by atomic mass is 35.5. The van der Waals surface area contributed by atoms with Crippen LogP contribution >= 0.6 is 11.6 Å². The standard InChI is InChI=1S/C16H19ClN4O3/c17-11-7-13-14(24-6-2-10-9-18-3-5-20(10)13)8-12(11)21-4-1-15(22)19-16(21)23/h7-8,10,18H,1-6,9H2,(H,19,22,23)/t10-/m0/s1. The normalized spacial score (nSPS) is 23.8. The van der Waals surface area contributed by atoms with E-state index in [2.05, 4.69) is 15.5 Å². The first-order chi connectivity index (χ1) is 11.6. The first-order valence-electron chi connectivity index (χ1n) is 8.18. The number of urea groups is 1. The summed E-state index contributed by atoms with van der Waals surface area (Å²) < 4.78 is 5.93. The maximum absolute atomic E-state index is 12.1. The van der Waals surface area contributed by atoms with E-state index < -0.39 is 6.03 Å². The summed E-state index contributed by atoms with van der Waals surface area (Å²) in [6.45, 7) is 3.70. The predicted octanol–water partition coefficient (Wildman–Crippen LogP) is 1.35. The third-order valence-corrected chi connectivity index (χ3v) is 5.04. The van der Waals surface area contributed by atoms with E-state index in [1.54, 1.807) is 0 Å². The fourth-order valence-corrected chi connectivity index (χ4v) is 3.77. The Bertz CT molecular complexity index is 696. The Morgan fingerprint density at radius 3 is 2.92 bits per heavy atom. The quantitative estimate of drug-likeness (QED) is 0.799. The van der Waals surface area contributed by atoms with Crippen molar-refractivity contribution in [2.24, 2.45) is 0 Å². The van der Waals surface area contributed by atoms with Gasteiger partial charge in [0.05, 0.1) is 23.0 Å². The number of halogens is 1. The molecule has 3 amide bonds. The van der Waals surface area contributed by atoms with Crippen molar-refractivity contribution in [3.63, 3.8) is 0 Å². The summed E-state index contributed by atoms with van der Waals surface area (Å²) in [4.78, 5) is 27.3. The molecule has 0 bridgehead atoms. The number of benzene rings is 1. The molecule has 0 radical (unpaired) electrons. The summed E-state index contributed by atoms with van der Waals surface area (Å²) in [5.41, 5.74) is 1.55. The molecule has 3 aliphatic rings. The molecule has 0 aromatic heterocycles. The van der Waals surface area contributed by atoms with Gasteiger partial charge in [-0.3, -0.25) is 15.0 Å². The molecular weight excluding hydrogens is 332 g/mol. The predicted molar refractivity (Wildman–Crippen MR) is 91.1 cm³/mol. The fraction of sp³-hybridized carbons (Fsp3) is 0.500. The molecule has 7 nitrogen and oxygen atoms in total. The van der Waals surface area contributed by atoms with Crippen molar-refractivity contribution in [2.75, 3.05) is 42.6 Å². The number of rotatable bonds is 1. The minimum absolute atomic E-state index is 0.262. The number of ether oxygens (including phenoxy) is 1. The number of carbonyl (C=O) groups is 2. The average molecular weight is 351 g/mol. The van der Waals surface area contributed by atoms with Crippen LogP contribution in [-0.2, 0) is 4.79 Å². The number of carbonyl (C=O) groups excluding carboxylic acids is 2. The molecule has 4 rings (SSSR count). The van der Waals surface area contributed by atoms with E-state index in [0.29, 0.717) is 29.9 Å². The Kier molecular flexibility index (Phi) is 3.97. The summed E-state index contributed by atoms with van der Waals surface area (Å²) in [5, 5.41) is 6.22. The lowest BCUT2D eigenvalue weighted by Gasteiger charge is -2.37. The second kappa shape index (κ2) is 6.14. The molecule has 1 aromatic carbocycles. The van der Waals surface area contributed by atoms with E-state index in [-0.39, 0.29) is 12.3 Å². The van der Waals surface area contributed by atoms with E-state index in [1.807, 2.05) is 12.1 Å². The zero-order chi connectivity index (χ0) is 16.7. The summed E-state index contributed by atoms with van der Waals surface area (Å²) in [7, 11) is 0. The number of nitrogens with one attached hydrogen (secondary N) is 2. The zero-order valence-corrected chi connectivity index (χ0v) is 13.9. The van der Waals surface area contributed by atoms with Crippen LogP contribution in [-0.4, -0.2) is 50.8 Å². The second-order valence-electron chi connectivity index (χ2n) is 6.21. The zero-order valence-electron chi connectivity index (χ0n) is 13.2. The fourth-order valence-electron chi connectivity index (χ4n) is 3.51. The molecule has 0 spiro atoms. The molecule has 2 saturated heterocycles. The highest BCUT2D eigenvalue weighted by Crippen LogP contribution is 2.41. The van der Waals surface area contributed by atoms with Gasteiger partial charge in [0.25, 0.3) is 0 Å². The van der Waals surface area contributed by atoms with Crippen molar-refractivity contribution in [1.82, 2.24) is 10.6 Å². The summed E-state index contributed by atoms with van der Waals surface area (Å²) in [6.07, 6.45) is 1.20. The monoisotopic (exact) mass is 350 g/mol. The number of fused-ring (bicyclic) bond motifs is 3. The van der Waals surface area contributed by atoms with Crippen LogP contribution in [0.2, 0.25) is 5.02 Å². The van der Waals surface area contributed by atoms with Crippen molar-refractivity contribution >= 4 is 34.9 Å². The maximum atomic E-state index is 12.1. The van der Waals surface area contributed by atoms with Gasteiger partial charge in [0.1, 0.15) is 5.75 Å². The van der Waals surface area contributed by atoms with Gasteiger partial charge in [0.2, 0.25) is 5.91 Å². The van der Waals surface area contributed by atoms with Crippen molar-refractivity contribution in [3.8, 4) is 5.75 Å². The van der Waals surface area contributed by atoms with Crippen LogP contribution in [0.15, 0.2) is 12.1 Å². The molecule has 2 N–H and O–H groups in total. The van der Waals surface area contributed by atoms with Crippen molar-refractivity contribution in [2.45, 2.75) is 18.9 Å². The van der Waals surface area contributed by atoms with Gasteiger partial charge < -0.3 is 15.0 Å². The third kappa shape index (κ3) is 2.67. The molecule has 0 aliphatic carbocycles. The van der Waals surface area contributed by atoms with Gasteiger partial charge in [-0.15, -0.1) is 0 Å².